The Labute approximate surface area is 168 Å². The number of fused-ring (bicyclic) bond motifs is 3. The Hall–Kier alpha value is -1.97. The molecule has 5 heteroatoms. The van der Waals surface area contributed by atoms with Gasteiger partial charge < -0.3 is 9.47 Å². The summed E-state index contributed by atoms with van der Waals surface area (Å²) in [6.45, 7) is 3.66. The normalized spacial score (nSPS) is 18.6. The zero-order valence-electron chi connectivity index (χ0n) is 15.1. The van der Waals surface area contributed by atoms with Gasteiger partial charge in [-0.05, 0) is 62.1 Å². The Morgan fingerprint density at radius 1 is 1.11 bits per heavy atom. The summed E-state index contributed by atoms with van der Waals surface area (Å²) in [6.07, 6.45) is 3.19. The summed E-state index contributed by atoms with van der Waals surface area (Å²) < 4.78 is 2.43. The standard InChI is InChI=1S/C22H20Cl2N2O/c1-13-5-8-19-17(11-13)15-3-2-4-20-21(15)25(19)9-10-26(20)22(27)16-7-6-14(23)12-18(16)24/h5-8,11-12,20H,2-4,9-10H2,1H3/t20-/m0/s1. The van der Waals surface area contributed by atoms with Crippen LogP contribution in [0.1, 0.15) is 46.1 Å². The van der Waals surface area contributed by atoms with Crippen LogP contribution in [0.3, 0.4) is 0 Å². The maximum Gasteiger partial charge on any atom is 0.255 e. The highest BCUT2D eigenvalue weighted by Gasteiger charge is 2.37. The third kappa shape index (κ3) is 2.60. The molecule has 1 amide bonds. The van der Waals surface area contributed by atoms with E-state index in [0.29, 0.717) is 22.2 Å². The summed E-state index contributed by atoms with van der Waals surface area (Å²) in [5.74, 6) is 0.00204. The first-order valence-electron chi connectivity index (χ1n) is 9.42. The van der Waals surface area contributed by atoms with Gasteiger partial charge in [-0.1, -0.05) is 34.8 Å². The molecule has 138 valence electrons. The second-order valence-corrected chi connectivity index (χ2v) is 8.41. The van der Waals surface area contributed by atoms with Gasteiger partial charge in [-0.15, -0.1) is 0 Å². The van der Waals surface area contributed by atoms with Gasteiger partial charge in [-0.2, -0.15) is 0 Å². The molecule has 0 fully saturated rings. The van der Waals surface area contributed by atoms with E-state index >= 15 is 0 Å². The second kappa shape index (κ2) is 6.29. The molecular formula is C22H20Cl2N2O. The van der Waals surface area contributed by atoms with Gasteiger partial charge in [0.1, 0.15) is 0 Å². The van der Waals surface area contributed by atoms with Crippen molar-refractivity contribution in [3.8, 4) is 0 Å². The number of carbonyl (C=O) groups is 1. The lowest BCUT2D eigenvalue weighted by molar-refractivity contribution is 0.0601. The van der Waals surface area contributed by atoms with Crippen LogP contribution in [0.4, 0.5) is 0 Å². The molecule has 2 heterocycles. The molecule has 1 aromatic heterocycles. The lowest BCUT2D eigenvalue weighted by atomic mass is 9.89. The fourth-order valence-electron chi connectivity index (χ4n) is 4.78. The van der Waals surface area contributed by atoms with Gasteiger partial charge in [0.15, 0.2) is 0 Å². The third-order valence-electron chi connectivity index (χ3n) is 5.95. The number of hydrogen-bond acceptors (Lipinski definition) is 1. The van der Waals surface area contributed by atoms with E-state index in [4.69, 9.17) is 23.2 Å². The molecular weight excluding hydrogens is 379 g/mol. The van der Waals surface area contributed by atoms with E-state index in [9.17, 15) is 4.79 Å². The Morgan fingerprint density at radius 3 is 2.78 bits per heavy atom. The Bertz CT molecular complexity index is 1090. The second-order valence-electron chi connectivity index (χ2n) is 7.57. The van der Waals surface area contributed by atoms with Gasteiger partial charge in [0.05, 0.1) is 16.6 Å². The minimum atomic E-state index is 0.00204. The molecule has 0 unspecified atom stereocenters. The van der Waals surface area contributed by atoms with E-state index in [0.717, 1.165) is 25.8 Å². The molecule has 0 saturated heterocycles. The lowest BCUT2D eigenvalue weighted by Crippen LogP contribution is -2.43. The summed E-state index contributed by atoms with van der Waals surface area (Å²) >= 11 is 12.3. The maximum atomic E-state index is 13.3. The van der Waals surface area contributed by atoms with Crippen molar-refractivity contribution in [3.05, 3.63) is 68.8 Å². The van der Waals surface area contributed by atoms with Gasteiger partial charge in [0.25, 0.3) is 5.91 Å². The summed E-state index contributed by atoms with van der Waals surface area (Å²) in [5.41, 5.74) is 5.86. The summed E-state index contributed by atoms with van der Waals surface area (Å²) in [7, 11) is 0. The predicted octanol–water partition coefficient (Wildman–Crippen LogP) is 5.79. The molecule has 3 nitrogen and oxygen atoms in total. The summed E-state index contributed by atoms with van der Waals surface area (Å²) in [6, 6.07) is 11.9. The van der Waals surface area contributed by atoms with Crippen LogP contribution in [-0.2, 0) is 13.0 Å². The van der Waals surface area contributed by atoms with Gasteiger partial charge in [-0.25, -0.2) is 0 Å². The van der Waals surface area contributed by atoms with Gasteiger partial charge >= 0.3 is 0 Å². The number of rotatable bonds is 1. The number of carbonyl (C=O) groups excluding carboxylic acids is 1. The Balaban J connectivity index is 1.62. The highest BCUT2D eigenvalue weighted by Crippen LogP contribution is 2.43. The van der Waals surface area contributed by atoms with E-state index in [-0.39, 0.29) is 11.9 Å². The van der Waals surface area contributed by atoms with Crippen LogP contribution in [0.25, 0.3) is 10.9 Å². The van der Waals surface area contributed by atoms with Crippen molar-refractivity contribution in [2.45, 2.75) is 38.8 Å². The Kier molecular flexibility index (Phi) is 3.99. The van der Waals surface area contributed by atoms with Crippen molar-refractivity contribution in [3.63, 3.8) is 0 Å². The zero-order valence-corrected chi connectivity index (χ0v) is 16.6. The zero-order chi connectivity index (χ0) is 18.7. The summed E-state index contributed by atoms with van der Waals surface area (Å²) in [5, 5.41) is 2.32. The quantitative estimate of drug-likeness (QED) is 0.509. The minimum absolute atomic E-state index is 0.00204. The first-order valence-corrected chi connectivity index (χ1v) is 10.2. The van der Waals surface area contributed by atoms with E-state index in [1.54, 1.807) is 18.2 Å². The number of nitrogens with zero attached hydrogens (tertiary/aromatic N) is 2. The number of halogens is 2. The SMILES string of the molecule is Cc1ccc2c(c1)c1c3n2CCN(C(=O)c2ccc(Cl)cc2Cl)[C@H]3CCC1. The van der Waals surface area contributed by atoms with Gasteiger partial charge in [0, 0.05) is 34.7 Å². The van der Waals surface area contributed by atoms with E-state index in [1.807, 2.05) is 4.90 Å². The summed E-state index contributed by atoms with van der Waals surface area (Å²) in [4.78, 5) is 15.3. The largest absolute Gasteiger partial charge is 0.341 e. The fourth-order valence-corrected chi connectivity index (χ4v) is 5.27. The maximum absolute atomic E-state index is 13.3. The molecule has 27 heavy (non-hydrogen) atoms. The lowest BCUT2D eigenvalue weighted by Gasteiger charge is -2.40. The third-order valence-corrected chi connectivity index (χ3v) is 6.50. The van der Waals surface area contributed by atoms with Crippen LogP contribution < -0.4 is 0 Å². The highest BCUT2D eigenvalue weighted by atomic mass is 35.5. The first kappa shape index (κ1) is 17.2. The molecule has 1 atom stereocenters. The van der Waals surface area contributed by atoms with Crippen molar-refractivity contribution in [2.75, 3.05) is 6.54 Å². The minimum Gasteiger partial charge on any atom is -0.341 e. The number of aryl methyl sites for hydroxylation is 2. The fraction of sp³-hybridized carbons (Fsp3) is 0.318. The van der Waals surface area contributed by atoms with Crippen molar-refractivity contribution in [1.29, 1.82) is 0 Å². The van der Waals surface area contributed by atoms with Crippen LogP contribution in [0.5, 0.6) is 0 Å². The van der Waals surface area contributed by atoms with E-state index < -0.39 is 0 Å². The molecule has 1 aliphatic heterocycles. The average molecular weight is 399 g/mol. The number of benzene rings is 2. The number of hydrogen-bond donors (Lipinski definition) is 0. The van der Waals surface area contributed by atoms with Crippen LogP contribution >= 0.6 is 23.2 Å². The molecule has 1 aliphatic carbocycles. The van der Waals surface area contributed by atoms with Crippen molar-refractivity contribution >= 4 is 40.0 Å². The molecule has 2 aromatic carbocycles. The van der Waals surface area contributed by atoms with Crippen LogP contribution in [0, 0.1) is 6.92 Å². The molecule has 3 aromatic rings. The predicted molar refractivity (Wildman–Crippen MR) is 110 cm³/mol. The topological polar surface area (TPSA) is 25.2 Å². The van der Waals surface area contributed by atoms with E-state index in [1.165, 1.54) is 27.7 Å². The molecule has 0 spiro atoms. The average Bonchev–Trinajstić information content (AvgIpc) is 2.97. The molecule has 2 aliphatic rings. The Morgan fingerprint density at radius 2 is 1.96 bits per heavy atom. The monoisotopic (exact) mass is 398 g/mol. The molecule has 0 saturated carbocycles. The van der Waals surface area contributed by atoms with Gasteiger partial charge in [0.2, 0.25) is 0 Å². The molecule has 0 N–H and O–H groups in total. The van der Waals surface area contributed by atoms with Crippen LogP contribution in [-0.4, -0.2) is 21.9 Å². The van der Waals surface area contributed by atoms with Crippen LogP contribution in [0.2, 0.25) is 10.0 Å². The number of aromatic nitrogens is 1. The molecule has 5 rings (SSSR count). The molecule has 0 radical (unpaired) electrons. The highest BCUT2D eigenvalue weighted by molar-refractivity contribution is 6.36. The van der Waals surface area contributed by atoms with Crippen LogP contribution in [0.15, 0.2) is 36.4 Å². The van der Waals surface area contributed by atoms with Gasteiger partial charge in [-0.3, -0.25) is 4.79 Å². The van der Waals surface area contributed by atoms with E-state index in [2.05, 4.69) is 29.7 Å². The first-order chi connectivity index (χ1) is 13.0. The smallest absolute Gasteiger partial charge is 0.255 e. The number of amides is 1. The van der Waals surface area contributed by atoms with Crippen molar-refractivity contribution in [1.82, 2.24) is 9.47 Å². The molecule has 0 bridgehead atoms. The van der Waals surface area contributed by atoms with Crippen molar-refractivity contribution < 1.29 is 4.79 Å². The van der Waals surface area contributed by atoms with Crippen molar-refractivity contribution in [2.24, 2.45) is 0 Å².